The van der Waals surface area contributed by atoms with Crippen LogP contribution in [0.1, 0.15) is 47.2 Å². The van der Waals surface area contributed by atoms with Crippen molar-refractivity contribution < 1.29 is 9.53 Å². The van der Waals surface area contributed by atoms with Crippen molar-refractivity contribution >= 4 is 11.6 Å². The third-order valence-electron chi connectivity index (χ3n) is 5.77. The molecule has 142 valence electrons. The Morgan fingerprint density at radius 3 is 2.52 bits per heavy atom. The van der Waals surface area contributed by atoms with E-state index in [-0.39, 0.29) is 5.91 Å². The first-order valence-electron chi connectivity index (χ1n) is 10.1. The minimum absolute atomic E-state index is 0.193. The monoisotopic (exact) mass is 364 g/mol. The van der Waals surface area contributed by atoms with Crippen LogP contribution in [0, 0.1) is 0 Å². The Morgan fingerprint density at radius 1 is 1.00 bits per heavy atom. The van der Waals surface area contributed by atoms with E-state index in [0.29, 0.717) is 0 Å². The van der Waals surface area contributed by atoms with Gasteiger partial charge in [0.25, 0.3) is 5.91 Å². The second-order valence-electron chi connectivity index (χ2n) is 7.53. The van der Waals surface area contributed by atoms with Crippen LogP contribution < -0.4 is 9.64 Å². The summed E-state index contributed by atoms with van der Waals surface area (Å²) in [5, 5.41) is 0. The number of benzene rings is 2. The summed E-state index contributed by atoms with van der Waals surface area (Å²) < 4.78 is 5.21. The first-order chi connectivity index (χ1) is 13.3. The Bertz CT molecular complexity index is 795. The minimum Gasteiger partial charge on any atom is -0.497 e. The van der Waals surface area contributed by atoms with Crippen LogP contribution in [0.2, 0.25) is 0 Å². The topological polar surface area (TPSA) is 32.8 Å². The highest BCUT2D eigenvalue weighted by Crippen LogP contribution is 2.33. The molecule has 0 N–H and O–H groups in total. The van der Waals surface area contributed by atoms with Crippen molar-refractivity contribution in [1.29, 1.82) is 0 Å². The second kappa shape index (κ2) is 8.03. The zero-order chi connectivity index (χ0) is 18.6. The molecule has 0 saturated carbocycles. The van der Waals surface area contributed by atoms with Crippen LogP contribution >= 0.6 is 0 Å². The summed E-state index contributed by atoms with van der Waals surface area (Å²) in [4.78, 5) is 17.3. The smallest absolute Gasteiger partial charge is 0.254 e. The molecule has 0 atom stereocenters. The Morgan fingerprint density at radius 2 is 1.78 bits per heavy atom. The van der Waals surface area contributed by atoms with Crippen LogP contribution in [0.15, 0.2) is 42.5 Å². The number of hydrogen-bond donors (Lipinski definition) is 0. The van der Waals surface area contributed by atoms with Gasteiger partial charge in [0.05, 0.1) is 7.11 Å². The van der Waals surface area contributed by atoms with E-state index in [4.69, 9.17) is 4.74 Å². The van der Waals surface area contributed by atoms with Crippen LogP contribution in [0.25, 0.3) is 0 Å². The van der Waals surface area contributed by atoms with Gasteiger partial charge in [-0.3, -0.25) is 4.79 Å². The minimum atomic E-state index is 0.193. The Balaban J connectivity index is 1.39. The highest BCUT2D eigenvalue weighted by Gasteiger charge is 2.30. The van der Waals surface area contributed by atoms with Crippen LogP contribution in [0.3, 0.4) is 0 Å². The van der Waals surface area contributed by atoms with Crippen LogP contribution in [0.4, 0.5) is 5.69 Å². The van der Waals surface area contributed by atoms with E-state index in [1.807, 2.05) is 29.2 Å². The molecule has 1 fully saturated rings. The highest BCUT2D eigenvalue weighted by molar-refractivity contribution is 6.00. The average Bonchev–Trinajstić information content (AvgIpc) is 3.05. The summed E-state index contributed by atoms with van der Waals surface area (Å²) in [6, 6.07) is 14.4. The summed E-state index contributed by atoms with van der Waals surface area (Å²) in [7, 11) is 1.68. The molecule has 2 aromatic carbocycles. The first kappa shape index (κ1) is 17.9. The quantitative estimate of drug-likeness (QED) is 0.767. The van der Waals surface area contributed by atoms with Gasteiger partial charge in [-0.05, 0) is 61.9 Å². The number of methoxy groups -OCH3 is 1. The van der Waals surface area contributed by atoms with E-state index in [0.717, 1.165) is 50.3 Å². The van der Waals surface area contributed by atoms with Gasteiger partial charge in [0.1, 0.15) is 5.75 Å². The lowest BCUT2D eigenvalue weighted by Crippen LogP contribution is -2.30. The number of piperidine rings is 1. The zero-order valence-electron chi connectivity index (χ0n) is 16.1. The predicted octanol–water partition coefficient (Wildman–Crippen LogP) is 4.27. The molecule has 0 unspecified atom stereocenters. The molecule has 2 heterocycles. The van der Waals surface area contributed by atoms with Crippen LogP contribution in [-0.4, -0.2) is 37.6 Å². The molecule has 1 amide bonds. The maximum absolute atomic E-state index is 12.8. The second-order valence-corrected chi connectivity index (χ2v) is 7.53. The summed E-state index contributed by atoms with van der Waals surface area (Å²) >= 11 is 0. The normalized spacial score (nSPS) is 16.6. The van der Waals surface area contributed by atoms with E-state index in [2.05, 4.69) is 23.1 Å². The van der Waals surface area contributed by atoms with Gasteiger partial charge in [0.15, 0.2) is 0 Å². The lowest BCUT2D eigenvalue weighted by Gasteiger charge is -2.30. The van der Waals surface area contributed by atoms with E-state index >= 15 is 0 Å². The molecule has 4 nitrogen and oxygen atoms in total. The SMILES string of the molecule is COc1ccc(CCCN2Cc3c(cccc3N3CCCCC3)C2=O)cc1. The van der Waals surface area contributed by atoms with Crippen LogP contribution in [-0.2, 0) is 13.0 Å². The van der Waals surface area contributed by atoms with E-state index in [9.17, 15) is 4.79 Å². The third-order valence-corrected chi connectivity index (χ3v) is 5.77. The number of anilines is 1. The van der Waals surface area contributed by atoms with Gasteiger partial charge in [-0.1, -0.05) is 18.2 Å². The molecule has 27 heavy (non-hydrogen) atoms. The van der Waals surface area contributed by atoms with E-state index < -0.39 is 0 Å². The van der Waals surface area contributed by atoms with Gasteiger partial charge in [-0.25, -0.2) is 0 Å². The van der Waals surface area contributed by atoms with Gasteiger partial charge >= 0.3 is 0 Å². The van der Waals surface area contributed by atoms with Crippen molar-refractivity contribution in [3.05, 3.63) is 59.2 Å². The number of fused-ring (bicyclic) bond motifs is 1. The van der Waals surface area contributed by atoms with Crippen molar-refractivity contribution in [2.45, 2.75) is 38.6 Å². The lowest BCUT2D eigenvalue weighted by molar-refractivity contribution is 0.0777. The van der Waals surface area contributed by atoms with Gasteiger partial charge in [-0.2, -0.15) is 0 Å². The third kappa shape index (κ3) is 3.80. The Hall–Kier alpha value is -2.49. The van der Waals surface area contributed by atoms with Crippen molar-refractivity contribution in [2.24, 2.45) is 0 Å². The first-order valence-corrected chi connectivity index (χ1v) is 10.1. The lowest BCUT2D eigenvalue weighted by atomic mass is 10.0. The molecule has 0 bridgehead atoms. The number of aryl methyl sites for hydroxylation is 1. The standard InChI is InChI=1S/C23H28N2O2/c1-27-19-12-10-18(11-13-19)7-6-16-25-17-21-20(23(25)26)8-5-9-22(21)24-14-3-2-4-15-24/h5,8-13H,2-4,6-7,14-17H2,1H3. The number of hydrogen-bond acceptors (Lipinski definition) is 3. The number of carbonyl (C=O) groups is 1. The van der Waals surface area contributed by atoms with Crippen LogP contribution in [0.5, 0.6) is 5.75 Å². The molecule has 4 heteroatoms. The predicted molar refractivity (Wildman–Crippen MR) is 109 cm³/mol. The largest absolute Gasteiger partial charge is 0.497 e. The van der Waals surface area contributed by atoms with E-state index in [1.165, 1.54) is 36.1 Å². The molecule has 4 rings (SSSR count). The number of amides is 1. The van der Waals surface area contributed by atoms with Crippen molar-refractivity contribution in [2.75, 3.05) is 31.6 Å². The van der Waals surface area contributed by atoms with E-state index in [1.54, 1.807) is 7.11 Å². The van der Waals surface area contributed by atoms with Gasteiger partial charge in [-0.15, -0.1) is 0 Å². The Kier molecular flexibility index (Phi) is 5.33. The molecule has 0 aliphatic carbocycles. The van der Waals surface area contributed by atoms with Crippen molar-refractivity contribution in [3.8, 4) is 5.75 Å². The summed E-state index contributed by atoms with van der Waals surface area (Å²) in [6.45, 7) is 3.78. The molecular formula is C23H28N2O2. The molecule has 2 aromatic rings. The number of ether oxygens (including phenoxy) is 1. The fourth-order valence-electron chi connectivity index (χ4n) is 4.25. The molecular weight excluding hydrogens is 336 g/mol. The maximum Gasteiger partial charge on any atom is 0.254 e. The number of carbonyl (C=O) groups excluding carboxylic acids is 1. The molecule has 2 aliphatic rings. The Labute approximate surface area is 161 Å². The fraction of sp³-hybridized carbons (Fsp3) is 0.435. The summed E-state index contributed by atoms with van der Waals surface area (Å²) in [5.41, 5.74) is 4.70. The molecule has 0 radical (unpaired) electrons. The molecule has 1 saturated heterocycles. The average molecular weight is 364 g/mol. The molecule has 2 aliphatic heterocycles. The highest BCUT2D eigenvalue weighted by atomic mass is 16.5. The maximum atomic E-state index is 12.8. The van der Waals surface area contributed by atoms with Gasteiger partial charge < -0.3 is 14.5 Å². The van der Waals surface area contributed by atoms with Crippen molar-refractivity contribution in [1.82, 2.24) is 4.90 Å². The molecule has 0 spiro atoms. The van der Waals surface area contributed by atoms with Gasteiger partial charge in [0.2, 0.25) is 0 Å². The summed E-state index contributed by atoms with van der Waals surface area (Å²) in [6.07, 6.45) is 5.78. The zero-order valence-corrected chi connectivity index (χ0v) is 16.1. The van der Waals surface area contributed by atoms with Gasteiger partial charge in [0, 0.05) is 43.0 Å². The summed E-state index contributed by atoms with van der Waals surface area (Å²) in [5.74, 6) is 1.08. The fourth-order valence-corrected chi connectivity index (χ4v) is 4.25. The number of rotatable bonds is 6. The van der Waals surface area contributed by atoms with Crippen molar-refractivity contribution in [3.63, 3.8) is 0 Å². The number of nitrogens with zero attached hydrogens (tertiary/aromatic N) is 2. The molecule has 0 aromatic heterocycles.